The Hall–Kier alpha value is -4.36. The first-order chi connectivity index (χ1) is 22.9. The highest BCUT2D eigenvalue weighted by Crippen LogP contribution is 2.37. The minimum atomic E-state index is -1.05. The molecule has 2 N–H and O–H groups in total. The second-order valence-electron chi connectivity index (χ2n) is 11.0. The van der Waals surface area contributed by atoms with E-state index in [9.17, 15) is 14.7 Å². The van der Waals surface area contributed by atoms with Gasteiger partial charge in [0.2, 0.25) is 0 Å². The fourth-order valence-electron chi connectivity index (χ4n) is 5.49. The van der Waals surface area contributed by atoms with Crippen molar-refractivity contribution in [1.82, 2.24) is 14.8 Å². The summed E-state index contributed by atoms with van der Waals surface area (Å²) in [7, 11) is 1.46. The number of carbonyl (C=O) groups excluding carboxylic acids is 1. The number of aromatic amines is 1. The number of ether oxygens (including phenoxy) is 4. The summed E-state index contributed by atoms with van der Waals surface area (Å²) in [4.78, 5) is 32.4. The van der Waals surface area contributed by atoms with Gasteiger partial charge in [0.15, 0.2) is 11.5 Å². The van der Waals surface area contributed by atoms with Gasteiger partial charge >= 0.3 is 5.97 Å². The van der Waals surface area contributed by atoms with Crippen LogP contribution in [0.25, 0.3) is 28.1 Å². The van der Waals surface area contributed by atoms with Crippen LogP contribution in [0.5, 0.6) is 17.2 Å². The lowest BCUT2D eigenvalue weighted by atomic mass is 10.00. The molecule has 0 radical (unpaired) electrons. The lowest BCUT2D eigenvalue weighted by molar-refractivity contribution is -0.122. The van der Waals surface area contributed by atoms with E-state index in [4.69, 9.17) is 31.2 Å². The van der Waals surface area contributed by atoms with E-state index in [2.05, 4.69) is 34.1 Å². The Morgan fingerprint density at radius 1 is 1.00 bits per heavy atom. The summed E-state index contributed by atoms with van der Waals surface area (Å²) in [6, 6.07) is 18.7. The van der Waals surface area contributed by atoms with Crippen LogP contribution in [0, 0.1) is 0 Å². The molecule has 0 saturated carbocycles. The Morgan fingerprint density at radius 3 is 2.62 bits per heavy atom. The number of nitrogens with zero attached hydrogens (tertiary/aromatic N) is 2. The van der Waals surface area contributed by atoms with Gasteiger partial charge in [0, 0.05) is 43.5 Å². The molecular weight excluding hydrogens is 639 g/mol. The number of amides is 1. The summed E-state index contributed by atoms with van der Waals surface area (Å²) < 4.78 is 23.4. The number of carboxylic acids is 1. The predicted molar refractivity (Wildman–Crippen MR) is 186 cm³/mol. The number of carboxylic acid groups (broad SMARTS) is 1. The van der Waals surface area contributed by atoms with Crippen molar-refractivity contribution in [1.29, 1.82) is 0 Å². The Balaban J connectivity index is 1.13. The van der Waals surface area contributed by atoms with Crippen LogP contribution in [0.1, 0.15) is 22.3 Å². The number of hydrogen-bond acceptors (Lipinski definition) is 9. The largest absolute Gasteiger partial charge is 0.493 e. The number of thioether (sulfide) groups is 1. The molecule has 1 amide bonds. The Bertz CT molecular complexity index is 1820. The minimum Gasteiger partial charge on any atom is -0.493 e. The third kappa shape index (κ3) is 7.79. The van der Waals surface area contributed by atoms with Gasteiger partial charge in [-0.2, -0.15) is 0 Å². The maximum atomic E-state index is 13.4. The molecule has 2 fully saturated rings. The molecule has 12 heteroatoms. The molecular formula is C35H35N3O7S2. The number of morpholine rings is 1. The molecule has 1 aromatic heterocycles. The summed E-state index contributed by atoms with van der Waals surface area (Å²) >= 11 is 6.85. The Labute approximate surface area is 282 Å². The number of H-pyrrole nitrogens is 1. The molecule has 2 aliphatic heterocycles. The molecule has 244 valence electrons. The van der Waals surface area contributed by atoms with E-state index in [-0.39, 0.29) is 11.5 Å². The van der Waals surface area contributed by atoms with Crippen molar-refractivity contribution in [2.24, 2.45) is 0 Å². The van der Waals surface area contributed by atoms with Crippen molar-refractivity contribution in [3.63, 3.8) is 0 Å². The second-order valence-corrected chi connectivity index (χ2v) is 12.7. The molecule has 0 bridgehead atoms. The van der Waals surface area contributed by atoms with Crippen molar-refractivity contribution < 1.29 is 33.6 Å². The average Bonchev–Trinajstić information content (AvgIpc) is 3.66. The van der Waals surface area contributed by atoms with Crippen LogP contribution in [0.4, 0.5) is 0 Å². The van der Waals surface area contributed by atoms with E-state index in [0.717, 1.165) is 66.2 Å². The Kier molecular flexibility index (Phi) is 10.4. The van der Waals surface area contributed by atoms with Gasteiger partial charge in [-0.1, -0.05) is 36.1 Å². The molecule has 3 aromatic carbocycles. The molecule has 0 atom stereocenters. The highest BCUT2D eigenvalue weighted by atomic mass is 32.2. The number of carbonyl (C=O) groups is 2. The molecule has 47 heavy (non-hydrogen) atoms. The van der Waals surface area contributed by atoms with Crippen LogP contribution in [0.3, 0.4) is 0 Å². The maximum Gasteiger partial charge on any atom is 0.335 e. The number of nitrogens with one attached hydrogen (secondary N) is 1. The first-order valence-corrected chi connectivity index (χ1v) is 16.6. The monoisotopic (exact) mass is 673 g/mol. The Morgan fingerprint density at radius 2 is 1.81 bits per heavy atom. The summed E-state index contributed by atoms with van der Waals surface area (Å²) in [5.41, 5.74) is 4.01. The van der Waals surface area contributed by atoms with Crippen LogP contribution in [-0.4, -0.2) is 95.8 Å². The standard InChI is InChI=1S/C35H35N3O7S2/c1-42-31-22-26(34(40)41)5-8-30(31)44-15-2-11-38-33(39)32(47-35(38)46)20-23-3-7-29(45-18-14-37-12-16-43-17-13-37)27(19-23)24-4-6-28-25(21-24)9-10-36-28/h3-10,19-22,36H,2,11-18H2,1H3,(H,40,41)/b32-20-. The molecule has 0 unspecified atom stereocenters. The van der Waals surface area contributed by atoms with Gasteiger partial charge in [-0.3, -0.25) is 14.6 Å². The molecule has 10 nitrogen and oxygen atoms in total. The van der Waals surface area contributed by atoms with E-state index < -0.39 is 5.97 Å². The number of fused-ring (bicyclic) bond motifs is 1. The second kappa shape index (κ2) is 15.0. The lowest BCUT2D eigenvalue weighted by Crippen LogP contribution is -2.38. The van der Waals surface area contributed by atoms with Crippen LogP contribution in [-0.2, 0) is 9.53 Å². The van der Waals surface area contributed by atoms with Crippen LogP contribution in [0.2, 0.25) is 0 Å². The lowest BCUT2D eigenvalue weighted by Gasteiger charge is -2.26. The molecule has 6 rings (SSSR count). The molecule has 0 aliphatic carbocycles. The molecule has 2 aliphatic rings. The first-order valence-electron chi connectivity index (χ1n) is 15.3. The zero-order valence-electron chi connectivity index (χ0n) is 25.9. The topological polar surface area (TPSA) is 114 Å². The molecule has 3 heterocycles. The fourth-order valence-corrected chi connectivity index (χ4v) is 6.80. The van der Waals surface area contributed by atoms with Gasteiger partial charge in [0.25, 0.3) is 5.91 Å². The van der Waals surface area contributed by atoms with Crippen molar-refractivity contribution in [2.75, 3.05) is 59.7 Å². The van der Waals surface area contributed by atoms with Gasteiger partial charge in [0.05, 0.1) is 37.4 Å². The smallest absolute Gasteiger partial charge is 0.335 e. The predicted octanol–water partition coefficient (Wildman–Crippen LogP) is 5.92. The van der Waals surface area contributed by atoms with Crippen LogP contribution < -0.4 is 14.2 Å². The normalized spacial score (nSPS) is 16.3. The average molecular weight is 674 g/mol. The van der Waals surface area contributed by atoms with Crippen molar-refractivity contribution in [2.45, 2.75) is 6.42 Å². The summed E-state index contributed by atoms with van der Waals surface area (Å²) in [6.45, 7) is 5.35. The van der Waals surface area contributed by atoms with Gasteiger partial charge in [-0.15, -0.1) is 0 Å². The van der Waals surface area contributed by atoms with Gasteiger partial charge in [-0.05, 0) is 77.5 Å². The van der Waals surface area contributed by atoms with Gasteiger partial charge in [-0.25, -0.2) is 4.79 Å². The first kappa shape index (κ1) is 32.6. The van der Waals surface area contributed by atoms with Crippen molar-refractivity contribution in [3.8, 4) is 28.4 Å². The van der Waals surface area contributed by atoms with E-state index in [0.29, 0.717) is 46.9 Å². The van der Waals surface area contributed by atoms with Crippen LogP contribution >= 0.6 is 24.0 Å². The zero-order chi connectivity index (χ0) is 32.8. The van der Waals surface area contributed by atoms with E-state index >= 15 is 0 Å². The molecule has 0 spiro atoms. The molecule has 2 saturated heterocycles. The van der Waals surface area contributed by atoms with Gasteiger partial charge in [0.1, 0.15) is 16.7 Å². The quantitative estimate of drug-likeness (QED) is 0.101. The maximum absolute atomic E-state index is 13.4. The van der Waals surface area contributed by atoms with E-state index in [1.807, 2.05) is 30.5 Å². The third-order valence-electron chi connectivity index (χ3n) is 8.00. The van der Waals surface area contributed by atoms with E-state index in [1.165, 1.54) is 31.0 Å². The third-order valence-corrected chi connectivity index (χ3v) is 9.38. The van der Waals surface area contributed by atoms with E-state index in [1.54, 1.807) is 11.0 Å². The highest BCUT2D eigenvalue weighted by molar-refractivity contribution is 8.26. The SMILES string of the molecule is COc1cc(C(=O)O)ccc1OCCCN1C(=O)/C(=C/c2ccc(OCCN3CCOCC3)c(-c3ccc4[nH]ccc4c3)c2)SC1=S. The number of methoxy groups -OCH3 is 1. The van der Waals surface area contributed by atoms with Crippen molar-refractivity contribution >= 4 is 57.2 Å². The summed E-state index contributed by atoms with van der Waals surface area (Å²) in [5.74, 6) is 0.356. The van der Waals surface area contributed by atoms with Crippen molar-refractivity contribution in [3.05, 3.63) is 82.9 Å². The minimum absolute atomic E-state index is 0.110. The number of benzene rings is 3. The number of aromatic nitrogens is 1. The fraction of sp³-hybridized carbons (Fsp3) is 0.286. The number of rotatable bonds is 13. The highest BCUT2D eigenvalue weighted by Gasteiger charge is 2.31. The number of thiocarbonyl (C=S) groups is 1. The summed E-state index contributed by atoms with van der Waals surface area (Å²) in [5, 5.41) is 10.3. The summed E-state index contributed by atoms with van der Waals surface area (Å²) in [6.07, 6.45) is 4.32. The zero-order valence-corrected chi connectivity index (χ0v) is 27.5. The molecule has 4 aromatic rings. The number of hydrogen-bond donors (Lipinski definition) is 2. The van der Waals surface area contributed by atoms with Crippen LogP contribution in [0.15, 0.2) is 71.8 Å². The number of aromatic carboxylic acids is 1. The van der Waals surface area contributed by atoms with Gasteiger partial charge < -0.3 is 29.0 Å².